The van der Waals surface area contributed by atoms with Gasteiger partial charge in [0.25, 0.3) is 0 Å². The van der Waals surface area contributed by atoms with E-state index in [9.17, 15) is 9.59 Å². The molecule has 0 spiro atoms. The first-order chi connectivity index (χ1) is 7.60. The van der Waals surface area contributed by atoms with Crippen LogP contribution in [0.15, 0.2) is 18.2 Å². The van der Waals surface area contributed by atoms with E-state index < -0.39 is 5.97 Å². The number of methoxy groups -OCH3 is 1. The topological polar surface area (TPSA) is 43.4 Å². The van der Waals surface area contributed by atoms with Crippen LogP contribution in [0.25, 0.3) is 0 Å². The van der Waals surface area contributed by atoms with E-state index in [1.54, 1.807) is 0 Å². The fourth-order valence-corrected chi connectivity index (χ4v) is 1.60. The van der Waals surface area contributed by atoms with Gasteiger partial charge in [0.15, 0.2) is 5.78 Å². The van der Waals surface area contributed by atoms with Gasteiger partial charge in [-0.05, 0) is 18.2 Å². The summed E-state index contributed by atoms with van der Waals surface area (Å²) < 4.78 is 4.58. The Morgan fingerprint density at radius 3 is 2.56 bits per heavy atom. The first-order valence-electron chi connectivity index (χ1n) is 4.57. The highest BCUT2D eigenvalue weighted by molar-refractivity contribution is 6.31. The molecule has 1 rings (SSSR count). The minimum atomic E-state index is -0.561. The van der Waals surface area contributed by atoms with Crippen LogP contribution < -0.4 is 0 Å². The minimum absolute atomic E-state index is 0.159. The van der Waals surface area contributed by atoms with Crippen LogP contribution in [-0.2, 0) is 4.74 Å². The maximum Gasteiger partial charge on any atom is 0.338 e. The second-order valence-electron chi connectivity index (χ2n) is 3.04. The van der Waals surface area contributed by atoms with E-state index in [0.29, 0.717) is 5.02 Å². The second kappa shape index (κ2) is 5.87. The molecule has 16 heavy (non-hydrogen) atoms. The molecule has 0 N–H and O–H groups in total. The Bertz CT molecular complexity index is 416. The fourth-order valence-electron chi connectivity index (χ4n) is 1.26. The monoisotopic (exact) mass is 260 g/mol. The SMILES string of the molecule is COC(=O)c1ccc(Cl)cc1C(=O)CCCl. The molecule has 86 valence electrons. The molecular formula is C11H10Cl2O3. The molecule has 0 aromatic heterocycles. The summed E-state index contributed by atoms with van der Waals surface area (Å²) in [7, 11) is 1.26. The van der Waals surface area contributed by atoms with Crippen molar-refractivity contribution in [2.45, 2.75) is 6.42 Å². The second-order valence-corrected chi connectivity index (χ2v) is 3.86. The van der Waals surface area contributed by atoms with Gasteiger partial charge in [0.05, 0.1) is 12.7 Å². The predicted octanol–water partition coefficient (Wildman–Crippen LogP) is 2.94. The Labute approximate surface area is 103 Å². The van der Waals surface area contributed by atoms with Crippen LogP contribution >= 0.6 is 23.2 Å². The van der Waals surface area contributed by atoms with E-state index in [1.807, 2.05) is 0 Å². The molecule has 1 aromatic carbocycles. The average Bonchev–Trinajstić information content (AvgIpc) is 2.28. The smallest absolute Gasteiger partial charge is 0.338 e. The molecule has 0 aliphatic carbocycles. The molecule has 1 aromatic rings. The molecule has 0 fully saturated rings. The van der Waals surface area contributed by atoms with Crippen LogP contribution in [0.5, 0.6) is 0 Å². The number of halogens is 2. The zero-order valence-corrected chi connectivity index (χ0v) is 10.1. The van der Waals surface area contributed by atoms with Gasteiger partial charge >= 0.3 is 5.97 Å². The van der Waals surface area contributed by atoms with E-state index >= 15 is 0 Å². The number of benzene rings is 1. The summed E-state index contributed by atoms with van der Waals surface area (Å²) in [6.45, 7) is 0. The number of hydrogen-bond donors (Lipinski definition) is 0. The van der Waals surface area contributed by atoms with Gasteiger partial charge in [0, 0.05) is 22.9 Å². The van der Waals surface area contributed by atoms with Crippen LogP contribution in [0.2, 0.25) is 5.02 Å². The van der Waals surface area contributed by atoms with E-state index in [0.717, 1.165) is 0 Å². The highest BCUT2D eigenvalue weighted by Gasteiger charge is 2.17. The van der Waals surface area contributed by atoms with Crippen molar-refractivity contribution in [2.75, 3.05) is 13.0 Å². The number of ether oxygens (including phenoxy) is 1. The molecule has 0 saturated carbocycles. The van der Waals surface area contributed by atoms with Gasteiger partial charge in [0.1, 0.15) is 0 Å². The lowest BCUT2D eigenvalue weighted by Crippen LogP contribution is -2.10. The highest BCUT2D eigenvalue weighted by atomic mass is 35.5. The van der Waals surface area contributed by atoms with Crippen molar-refractivity contribution in [3.63, 3.8) is 0 Å². The Kier molecular flexibility index (Phi) is 4.77. The summed E-state index contributed by atoms with van der Waals surface area (Å²) in [5, 5.41) is 0.394. The standard InChI is InChI=1S/C11H10Cl2O3/c1-16-11(15)8-3-2-7(13)6-9(8)10(14)4-5-12/h2-3,6H,4-5H2,1H3. The zero-order valence-electron chi connectivity index (χ0n) is 8.63. The van der Waals surface area contributed by atoms with Gasteiger partial charge in [-0.25, -0.2) is 4.79 Å². The molecular weight excluding hydrogens is 251 g/mol. The van der Waals surface area contributed by atoms with Crippen molar-refractivity contribution in [3.8, 4) is 0 Å². The maximum atomic E-state index is 11.7. The van der Waals surface area contributed by atoms with E-state index in [-0.39, 0.29) is 29.2 Å². The molecule has 0 atom stereocenters. The fraction of sp³-hybridized carbons (Fsp3) is 0.273. The number of hydrogen-bond acceptors (Lipinski definition) is 3. The number of carbonyl (C=O) groups excluding carboxylic acids is 2. The Hall–Kier alpha value is -1.06. The largest absolute Gasteiger partial charge is 0.465 e. The molecule has 0 unspecified atom stereocenters. The van der Waals surface area contributed by atoms with Crippen molar-refractivity contribution < 1.29 is 14.3 Å². The molecule has 0 radical (unpaired) electrons. The third-order valence-electron chi connectivity index (χ3n) is 2.01. The normalized spacial score (nSPS) is 9.94. The van der Waals surface area contributed by atoms with Gasteiger partial charge in [-0.2, -0.15) is 0 Å². The highest BCUT2D eigenvalue weighted by Crippen LogP contribution is 2.18. The van der Waals surface area contributed by atoms with Crippen molar-refractivity contribution in [1.29, 1.82) is 0 Å². The number of alkyl halides is 1. The predicted molar refractivity (Wildman–Crippen MR) is 62.5 cm³/mol. The summed E-state index contributed by atoms with van der Waals surface area (Å²) in [5.41, 5.74) is 0.460. The lowest BCUT2D eigenvalue weighted by Gasteiger charge is -2.06. The van der Waals surface area contributed by atoms with Crippen molar-refractivity contribution in [1.82, 2.24) is 0 Å². The number of ketones is 1. The first kappa shape index (κ1) is 13.0. The summed E-state index contributed by atoms with van der Waals surface area (Å²) in [6.07, 6.45) is 0.159. The van der Waals surface area contributed by atoms with Gasteiger partial charge in [-0.15, -0.1) is 11.6 Å². The maximum absolute atomic E-state index is 11.7. The summed E-state index contributed by atoms with van der Waals surface area (Å²) in [6, 6.07) is 4.45. The van der Waals surface area contributed by atoms with Gasteiger partial charge in [-0.3, -0.25) is 4.79 Å². The first-order valence-corrected chi connectivity index (χ1v) is 5.48. The molecule has 0 saturated heterocycles. The quantitative estimate of drug-likeness (QED) is 0.475. The molecule has 0 heterocycles. The lowest BCUT2D eigenvalue weighted by atomic mass is 10.0. The van der Waals surface area contributed by atoms with E-state index in [4.69, 9.17) is 23.2 Å². The number of esters is 1. The van der Waals surface area contributed by atoms with Crippen LogP contribution in [0, 0.1) is 0 Å². The van der Waals surface area contributed by atoms with Gasteiger partial charge in [0.2, 0.25) is 0 Å². The van der Waals surface area contributed by atoms with Gasteiger partial charge in [-0.1, -0.05) is 11.6 Å². The molecule has 0 aliphatic heterocycles. The molecule has 5 heteroatoms. The average molecular weight is 261 g/mol. The molecule has 3 nitrogen and oxygen atoms in total. The minimum Gasteiger partial charge on any atom is -0.465 e. The van der Waals surface area contributed by atoms with Crippen LogP contribution in [0.4, 0.5) is 0 Å². The molecule has 0 bridgehead atoms. The molecule has 0 amide bonds. The van der Waals surface area contributed by atoms with E-state index in [1.165, 1.54) is 25.3 Å². The lowest BCUT2D eigenvalue weighted by molar-refractivity contribution is 0.0597. The third kappa shape index (κ3) is 2.97. The summed E-state index contributed by atoms with van der Waals surface area (Å²) >= 11 is 11.3. The van der Waals surface area contributed by atoms with Crippen molar-refractivity contribution in [3.05, 3.63) is 34.3 Å². The zero-order chi connectivity index (χ0) is 12.1. The van der Waals surface area contributed by atoms with Crippen LogP contribution in [-0.4, -0.2) is 24.7 Å². The van der Waals surface area contributed by atoms with E-state index in [2.05, 4.69) is 4.74 Å². The summed E-state index contributed by atoms with van der Waals surface area (Å²) in [4.78, 5) is 23.1. The number of carbonyl (C=O) groups is 2. The summed E-state index contributed by atoms with van der Waals surface area (Å²) in [5.74, 6) is -0.584. The Balaban J connectivity index is 3.17. The van der Waals surface area contributed by atoms with Crippen LogP contribution in [0.1, 0.15) is 27.1 Å². The van der Waals surface area contributed by atoms with Crippen LogP contribution in [0.3, 0.4) is 0 Å². The number of rotatable bonds is 4. The van der Waals surface area contributed by atoms with Crippen molar-refractivity contribution >= 4 is 35.0 Å². The number of Topliss-reactive ketones (excluding diaryl/α,β-unsaturated/α-hetero) is 1. The Morgan fingerprint density at radius 1 is 1.31 bits per heavy atom. The van der Waals surface area contributed by atoms with Gasteiger partial charge < -0.3 is 4.74 Å². The van der Waals surface area contributed by atoms with Crippen molar-refractivity contribution in [2.24, 2.45) is 0 Å². The Morgan fingerprint density at radius 2 is 2.00 bits per heavy atom. The third-order valence-corrected chi connectivity index (χ3v) is 2.43. The molecule has 0 aliphatic rings.